The van der Waals surface area contributed by atoms with Gasteiger partial charge in [-0.3, -0.25) is 13.3 Å². The molecule has 0 saturated carbocycles. The zero-order valence-electron chi connectivity index (χ0n) is 39.8. The van der Waals surface area contributed by atoms with Gasteiger partial charge in [-0.25, -0.2) is 0 Å². The number of aliphatic hydroxyl groups excluding tert-OH is 2. The second kappa shape index (κ2) is 41.2. The summed E-state index contributed by atoms with van der Waals surface area (Å²) < 4.78 is 19.6. The fourth-order valence-corrected chi connectivity index (χ4v) is 9.12. The predicted molar refractivity (Wildman–Crippen MR) is 253 cm³/mol. The first-order valence-corrected chi connectivity index (χ1v) is 27.1. The lowest BCUT2D eigenvalue weighted by atomic mass is 9.91. The van der Waals surface area contributed by atoms with E-state index in [0.717, 1.165) is 69.4 Å². The van der Waals surface area contributed by atoms with Crippen molar-refractivity contribution in [2.75, 3.05) is 58.6 Å². The van der Waals surface area contributed by atoms with Crippen molar-refractivity contribution < 1.29 is 23.3 Å². The van der Waals surface area contributed by atoms with E-state index in [0.29, 0.717) is 25.6 Å². The molecule has 4 atom stereocenters. The van der Waals surface area contributed by atoms with Crippen molar-refractivity contribution in [1.29, 1.82) is 0 Å². The van der Waals surface area contributed by atoms with E-state index in [9.17, 15) is 10.2 Å². The van der Waals surface area contributed by atoms with Crippen molar-refractivity contribution in [1.82, 2.24) is 4.90 Å². The number of nitrogens with zero attached hydrogens (tertiary/aromatic N) is 1. The van der Waals surface area contributed by atoms with Crippen molar-refractivity contribution in [2.24, 2.45) is 23.7 Å². The Hall–Kier alpha value is -0.150. The van der Waals surface area contributed by atoms with Crippen LogP contribution in [0.15, 0.2) is 12.2 Å². The molecule has 0 bridgehead atoms. The summed E-state index contributed by atoms with van der Waals surface area (Å²) in [5.41, 5.74) is 0. The molecule has 0 heterocycles. The molecule has 0 aromatic carbocycles. The number of rotatable bonds is 45. The van der Waals surface area contributed by atoms with Gasteiger partial charge in [-0.05, 0) is 75.2 Å². The topological polar surface area (TPSA) is 71.4 Å². The molecule has 0 aromatic heterocycles. The van der Waals surface area contributed by atoms with Crippen molar-refractivity contribution in [3.05, 3.63) is 12.2 Å². The fraction of sp³-hybridized carbons (Fsp3) is 0.960. The summed E-state index contributed by atoms with van der Waals surface area (Å²) in [5.74, 6) is 3.08. The molecule has 0 aromatic rings. The molecule has 4 unspecified atom stereocenters. The maximum absolute atomic E-state index is 9.25. The third-order valence-corrected chi connectivity index (χ3v) is 13.1. The zero-order valence-corrected chi connectivity index (χ0v) is 40.6. The highest BCUT2D eigenvalue weighted by Crippen LogP contribution is 2.45. The predicted octanol–water partition coefficient (Wildman–Crippen LogP) is 14.6. The summed E-state index contributed by atoms with van der Waals surface area (Å²) in [7, 11) is -1.68. The van der Waals surface area contributed by atoms with Crippen LogP contribution in [0.2, 0.25) is 0 Å². The standard InChI is InChI=1S/C50H103NO5S/c1-9-10-11-12-13-14-15-16-17-18-19-20-21-22-24-27-43-54-50(56-57(7,8)55-44-28-25-23-26-38-51(39-41-52)40-42-53)45-49(6)37-31-36-48(5)35-30-34-47(4)33-29-32-46(2)3/h16-17,46-50,52-53H,9-15,18-45H2,1-8H3/b17-16-. The largest absolute Gasteiger partial charge is 0.395 e. The van der Waals surface area contributed by atoms with Crippen LogP contribution in [0, 0.1) is 23.7 Å². The minimum Gasteiger partial charge on any atom is -0.395 e. The van der Waals surface area contributed by atoms with Gasteiger partial charge in [0.2, 0.25) is 0 Å². The van der Waals surface area contributed by atoms with Crippen LogP contribution < -0.4 is 0 Å². The van der Waals surface area contributed by atoms with Crippen LogP contribution in [-0.4, -0.2) is 80.0 Å². The monoisotopic (exact) mass is 830 g/mol. The summed E-state index contributed by atoms with van der Waals surface area (Å²) in [6, 6.07) is 0. The lowest BCUT2D eigenvalue weighted by Crippen LogP contribution is -2.30. The van der Waals surface area contributed by atoms with Crippen molar-refractivity contribution in [3.8, 4) is 0 Å². The number of ether oxygens (including phenoxy) is 1. The van der Waals surface area contributed by atoms with Gasteiger partial charge in [0.05, 0.1) is 19.8 Å². The van der Waals surface area contributed by atoms with Crippen LogP contribution in [-0.2, 0) is 13.1 Å². The Balaban J connectivity index is 4.59. The van der Waals surface area contributed by atoms with Crippen LogP contribution >= 0.6 is 10.6 Å². The molecular formula is C50H103NO5S. The average molecular weight is 830 g/mol. The van der Waals surface area contributed by atoms with E-state index < -0.39 is 10.6 Å². The quantitative estimate of drug-likeness (QED) is 0.0362. The van der Waals surface area contributed by atoms with Gasteiger partial charge in [0.15, 0.2) is 6.29 Å². The summed E-state index contributed by atoms with van der Waals surface area (Å²) in [6.07, 6.45) is 44.8. The Bertz CT molecular complexity index is 836. The lowest BCUT2D eigenvalue weighted by molar-refractivity contribution is -0.0909. The van der Waals surface area contributed by atoms with Gasteiger partial charge in [0.1, 0.15) is 0 Å². The highest BCUT2D eigenvalue weighted by atomic mass is 32.3. The van der Waals surface area contributed by atoms with E-state index in [1.54, 1.807) is 0 Å². The molecule has 0 saturated heterocycles. The summed E-state index contributed by atoms with van der Waals surface area (Å²) in [4.78, 5) is 2.13. The first-order valence-electron chi connectivity index (χ1n) is 24.8. The molecule has 2 N–H and O–H groups in total. The van der Waals surface area contributed by atoms with E-state index in [-0.39, 0.29) is 19.5 Å². The zero-order chi connectivity index (χ0) is 42.2. The Morgan fingerprint density at radius 2 is 0.965 bits per heavy atom. The van der Waals surface area contributed by atoms with Gasteiger partial charge in [-0.2, -0.15) is 10.6 Å². The van der Waals surface area contributed by atoms with Crippen LogP contribution in [0.4, 0.5) is 0 Å². The van der Waals surface area contributed by atoms with E-state index >= 15 is 0 Å². The fourth-order valence-electron chi connectivity index (χ4n) is 7.89. The molecule has 0 aliphatic carbocycles. The molecule has 0 fully saturated rings. The maximum atomic E-state index is 9.25. The number of hydrogen-bond acceptors (Lipinski definition) is 6. The molecule has 0 radical (unpaired) electrons. The van der Waals surface area contributed by atoms with Crippen LogP contribution in [0.5, 0.6) is 0 Å². The third-order valence-electron chi connectivity index (χ3n) is 11.7. The van der Waals surface area contributed by atoms with E-state index in [1.165, 1.54) is 141 Å². The molecular weight excluding hydrogens is 727 g/mol. The van der Waals surface area contributed by atoms with Gasteiger partial charge >= 0.3 is 0 Å². The number of aliphatic hydroxyl groups is 2. The summed E-state index contributed by atoms with van der Waals surface area (Å²) >= 11 is 0. The molecule has 0 spiro atoms. The Kier molecular flexibility index (Phi) is 41.1. The van der Waals surface area contributed by atoms with Gasteiger partial charge in [0, 0.05) is 38.6 Å². The van der Waals surface area contributed by atoms with Crippen molar-refractivity contribution in [3.63, 3.8) is 0 Å². The van der Waals surface area contributed by atoms with Crippen molar-refractivity contribution in [2.45, 2.75) is 228 Å². The van der Waals surface area contributed by atoms with Gasteiger partial charge in [-0.1, -0.05) is 182 Å². The Labute approximate surface area is 359 Å². The first-order chi connectivity index (χ1) is 27.5. The minimum atomic E-state index is -1.68. The van der Waals surface area contributed by atoms with Gasteiger partial charge in [-0.15, -0.1) is 0 Å². The first kappa shape index (κ1) is 56.9. The van der Waals surface area contributed by atoms with E-state index in [2.05, 4.69) is 71.1 Å². The second-order valence-corrected chi connectivity index (χ2v) is 21.5. The molecule has 0 aliphatic rings. The van der Waals surface area contributed by atoms with E-state index in [4.69, 9.17) is 13.1 Å². The lowest BCUT2D eigenvalue weighted by Gasteiger charge is -2.39. The van der Waals surface area contributed by atoms with Gasteiger partial charge in [0.25, 0.3) is 0 Å². The molecule has 0 amide bonds. The van der Waals surface area contributed by atoms with Crippen LogP contribution in [0.25, 0.3) is 0 Å². The van der Waals surface area contributed by atoms with Crippen LogP contribution in [0.1, 0.15) is 221 Å². The molecule has 0 aliphatic heterocycles. The molecule has 0 rings (SSSR count). The molecule has 6 nitrogen and oxygen atoms in total. The highest BCUT2D eigenvalue weighted by molar-refractivity contribution is 8.24. The molecule has 344 valence electrons. The SMILES string of the molecule is CCCCCCCC/C=C\CCCCCCCCOC(CC(C)CCCC(C)CCCC(C)CCCC(C)C)OS(C)(C)OCCCCCCN(CCO)CCO. The normalized spacial score (nSPS) is 14.9. The van der Waals surface area contributed by atoms with Crippen LogP contribution in [0.3, 0.4) is 0 Å². The number of unbranched alkanes of at least 4 members (excludes halogenated alkanes) is 15. The minimum absolute atomic E-state index is 0.143. The average Bonchev–Trinajstić information content (AvgIpc) is 3.15. The summed E-state index contributed by atoms with van der Waals surface area (Å²) in [5, 5.41) is 18.5. The highest BCUT2D eigenvalue weighted by Gasteiger charge is 2.21. The third kappa shape index (κ3) is 41.0. The van der Waals surface area contributed by atoms with Gasteiger partial charge < -0.3 is 14.9 Å². The molecule has 7 heteroatoms. The molecule has 57 heavy (non-hydrogen) atoms. The van der Waals surface area contributed by atoms with E-state index in [1.807, 2.05) is 0 Å². The number of allylic oxidation sites excluding steroid dienone is 2. The smallest absolute Gasteiger partial charge is 0.180 e. The second-order valence-electron chi connectivity index (χ2n) is 18.7. The Morgan fingerprint density at radius 1 is 0.509 bits per heavy atom. The summed E-state index contributed by atoms with van der Waals surface area (Å²) in [6.45, 7) is 18.2. The number of hydrogen-bond donors (Lipinski definition) is 2. The maximum Gasteiger partial charge on any atom is 0.180 e. The van der Waals surface area contributed by atoms with Crippen molar-refractivity contribution >= 4 is 10.6 Å². The Morgan fingerprint density at radius 3 is 1.49 bits per heavy atom.